The van der Waals surface area contributed by atoms with Crippen LogP contribution in [0.4, 0.5) is 4.39 Å². The Morgan fingerprint density at radius 3 is 2.59 bits per heavy atom. The Morgan fingerprint density at radius 1 is 1.10 bits per heavy atom. The molecular formula is C22H25FN2O3S. The summed E-state index contributed by atoms with van der Waals surface area (Å²) < 4.78 is 41.4. The van der Waals surface area contributed by atoms with Gasteiger partial charge in [0, 0.05) is 32.1 Å². The minimum absolute atomic E-state index is 0.0817. The molecule has 0 bridgehead atoms. The third-order valence-electron chi connectivity index (χ3n) is 6.02. The number of fused-ring (bicyclic) bond motifs is 1. The van der Waals surface area contributed by atoms with Crippen LogP contribution in [0.25, 0.3) is 0 Å². The van der Waals surface area contributed by atoms with Gasteiger partial charge in [-0.3, -0.25) is 4.79 Å². The van der Waals surface area contributed by atoms with Gasteiger partial charge in [-0.2, -0.15) is 4.31 Å². The van der Waals surface area contributed by atoms with Crippen molar-refractivity contribution in [2.24, 2.45) is 5.92 Å². The van der Waals surface area contributed by atoms with E-state index in [1.807, 2.05) is 35.2 Å². The molecule has 2 aliphatic rings. The topological polar surface area (TPSA) is 57.7 Å². The summed E-state index contributed by atoms with van der Waals surface area (Å²) in [6.45, 7) is 2.72. The monoisotopic (exact) mass is 416 g/mol. The summed E-state index contributed by atoms with van der Waals surface area (Å²) in [4.78, 5) is 14.8. The summed E-state index contributed by atoms with van der Waals surface area (Å²) in [5, 5.41) is 0. The number of likely N-dealkylation sites (tertiary alicyclic amines) is 1. The van der Waals surface area contributed by atoms with Gasteiger partial charge in [0.15, 0.2) is 0 Å². The first kappa shape index (κ1) is 20.0. The van der Waals surface area contributed by atoms with E-state index in [2.05, 4.69) is 0 Å². The van der Waals surface area contributed by atoms with Crippen LogP contribution in [0.1, 0.15) is 30.4 Å². The zero-order valence-corrected chi connectivity index (χ0v) is 17.2. The molecule has 29 heavy (non-hydrogen) atoms. The molecule has 0 aliphatic carbocycles. The number of halogens is 1. The largest absolute Gasteiger partial charge is 0.334 e. The van der Waals surface area contributed by atoms with Crippen LogP contribution < -0.4 is 0 Å². The van der Waals surface area contributed by atoms with E-state index in [0.717, 1.165) is 18.4 Å². The second kappa shape index (κ2) is 7.88. The highest BCUT2D eigenvalue weighted by molar-refractivity contribution is 7.89. The molecule has 1 amide bonds. The average molecular weight is 417 g/mol. The molecular weight excluding hydrogens is 391 g/mol. The van der Waals surface area contributed by atoms with E-state index in [4.69, 9.17) is 0 Å². The molecule has 2 fully saturated rings. The summed E-state index contributed by atoms with van der Waals surface area (Å²) in [7, 11) is -3.73. The fourth-order valence-electron chi connectivity index (χ4n) is 4.40. The first-order valence-corrected chi connectivity index (χ1v) is 11.4. The number of hydrogen-bond donors (Lipinski definition) is 0. The highest BCUT2D eigenvalue weighted by atomic mass is 32.2. The Morgan fingerprint density at radius 2 is 1.86 bits per heavy atom. The summed E-state index contributed by atoms with van der Waals surface area (Å²) >= 11 is 0. The number of rotatable bonds is 4. The molecule has 7 heteroatoms. The van der Waals surface area contributed by atoms with Gasteiger partial charge in [0.2, 0.25) is 15.9 Å². The number of sulfonamides is 1. The third kappa shape index (κ3) is 3.94. The van der Waals surface area contributed by atoms with E-state index in [1.165, 1.54) is 22.5 Å². The van der Waals surface area contributed by atoms with Gasteiger partial charge in [-0.15, -0.1) is 0 Å². The van der Waals surface area contributed by atoms with Crippen molar-refractivity contribution in [1.82, 2.24) is 9.21 Å². The minimum Gasteiger partial charge on any atom is -0.334 e. The van der Waals surface area contributed by atoms with E-state index >= 15 is 0 Å². The normalized spacial score (nSPS) is 23.1. The summed E-state index contributed by atoms with van der Waals surface area (Å²) in [5.41, 5.74) is 1.34. The maximum absolute atomic E-state index is 13.6. The molecule has 5 nitrogen and oxygen atoms in total. The van der Waals surface area contributed by atoms with Gasteiger partial charge in [-0.05, 0) is 55.0 Å². The lowest BCUT2D eigenvalue weighted by Crippen LogP contribution is -2.43. The van der Waals surface area contributed by atoms with Crippen LogP contribution in [-0.2, 0) is 21.4 Å². The lowest BCUT2D eigenvalue weighted by Gasteiger charge is -2.30. The Bertz CT molecular complexity index is 1010. The van der Waals surface area contributed by atoms with Gasteiger partial charge in [0.25, 0.3) is 0 Å². The molecule has 0 N–H and O–H groups in total. The lowest BCUT2D eigenvalue weighted by molar-refractivity contribution is -0.133. The number of aryl methyl sites for hydroxylation is 1. The van der Waals surface area contributed by atoms with Crippen LogP contribution in [0.5, 0.6) is 0 Å². The van der Waals surface area contributed by atoms with Crippen molar-refractivity contribution in [3.63, 3.8) is 0 Å². The molecule has 2 atom stereocenters. The van der Waals surface area contributed by atoms with E-state index in [0.29, 0.717) is 25.1 Å². The van der Waals surface area contributed by atoms with Crippen LogP contribution in [0.15, 0.2) is 53.4 Å². The van der Waals surface area contributed by atoms with Crippen LogP contribution in [0, 0.1) is 18.7 Å². The van der Waals surface area contributed by atoms with E-state index in [-0.39, 0.29) is 29.3 Å². The number of carbonyl (C=O) groups is 1. The van der Waals surface area contributed by atoms with Gasteiger partial charge < -0.3 is 4.90 Å². The van der Waals surface area contributed by atoms with Gasteiger partial charge in [-0.25, -0.2) is 12.8 Å². The molecule has 0 spiro atoms. The van der Waals surface area contributed by atoms with Crippen molar-refractivity contribution < 1.29 is 17.6 Å². The maximum atomic E-state index is 13.6. The molecule has 2 saturated heterocycles. The van der Waals surface area contributed by atoms with Crippen molar-refractivity contribution in [2.45, 2.75) is 43.7 Å². The maximum Gasteiger partial charge on any atom is 0.243 e. The highest BCUT2D eigenvalue weighted by Crippen LogP contribution is 2.34. The first-order chi connectivity index (χ1) is 13.9. The van der Waals surface area contributed by atoms with Gasteiger partial charge in [0.1, 0.15) is 5.82 Å². The van der Waals surface area contributed by atoms with Crippen molar-refractivity contribution in [1.29, 1.82) is 0 Å². The fraction of sp³-hybridized carbons (Fsp3) is 0.409. The second-order valence-electron chi connectivity index (χ2n) is 7.96. The van der Waals surface area contributed by atoms with Crippen molar-refractivity contribution >= 4 is 15.9 Å². The standard InChI is InChI=1S/C22H25FN2O3S/c1-16-12-19(10-11-20(16)23)29(27,28)24-14-18-8-5-9-22(26)25(21(18)15-24)13-17-6-3-2-4-7-17/h2-4,6-7,10-12,18,21H,5,8-9,13-15H2,1H3. The first-order valence-electron chi connectivity index (χ1n) is 9.96. The van der Waals surface area contributed by atoms with Crippen molar-refractivity contribution in [2.75, 3.05) is 13.1 Å². The van der Waals surface area contributed by atoms with E-state index in [1.54, 1.807) is 6.92 Å². The third-order valence-corrected chi connectivity index (χ3v) is 7.85. The van der Waals surface area contributed by atoms with Gasteiger partial charge in [0.05, 0.1) is 4.90 Å². The molecule has 154 valence electrons. The fourth-order valence-corrected chi connectivity index (χ4v) is 6.01. The average Bonchev–Trinajstić information content (AvgIpc) is 3.07. The Kier molecular flexibility index (Phi) is 5.44. The summed E-state index contributed by atoms with van der Waals surface area (Å²) in [6.07, 6.45) is 2.11. The van der Waals surface area contributed by atoms with E-state index < -0.39 is 15.8 Å². The molecule has 0 aromatic heterocycles. The Balaban J connectivity index is 1.60. The van der Waals surface area contributed by atoms with Gasteiger partial charge >= 0.3 is 0 Å². The predicted molar refractivity (Wildman–Crippen MR) is 108 cm³/mol. The molecule has 0 saturated carbocycles. The van der Waals surface area contributed by atoms with Gasteiger partial charge in [-0.1, -0.05) is 30.3 Å². The zero-order chi connectivity index (χ0) is 20.6. The Hall–Kier alpha value is -2.25. The second-order valence-corrected chi connectivity index (χ2v) is 9.90. The molecule has 2 aromatic rings. The summed E-state index contributed by atoms with van der Waals surface area (Å²) in [5.74, 6) is -0.227. The minimum atomic E-state index is -3.73. The smallest absolute Gasteiger partial charge is 0.243 e. The quantitative estimate of drug-likeness (QED) is 0.768. The number of nitrogens with zero attached hydrogens (tertiary/aromatic N) is 2. The van der Waals surface area contributed by atoms with E-state index in [9.17, 15) is 17.6 Å². The molecule has 2 aliphatic heterocycles. The lowest BCUT2D eigenvalue weighted by atomic mass is 9.98. The van der Waals surface area contributed by atoms with Crippen LogP contribution >= 0.6 is 0 Å². The molecule has 2 aromatic carbocycles. The molecule has 2 unspecified atom stereocenters. The molecule has 0 radical (unpaired) electrons. The number of carbonyl (C=O) groups excluding carboxylic acids is 1. The summed E-state index contributed by atoms with van der Waals surface area (Å²) in [6, 6.07) is 13.5. The molecule has 2 heterocycles. The zero-order valence-electron chi connectivity index (χ0n) is 16.4. The molecule has 4 rings (SSSR count). The van der Waals surface area contributed by atoms with Crippen molar-refractivity contribution in [3.8, 4) is 0 Å². The number of amides is 1. The van der Waals surface area contributed by atoms with Crippen LogP contribution in [-0.4, -0.2) is 42.7 Å². The Labute approximate surface area is 171 Å². The van der Waals surface area contributed by atoms with Crippen molar-refractivity contribution in [3.05, 3.63) is 65.5 Å². The predicted octanol–water partition coefficient (Wildman–Crippen LogP) is 3.34. The number of hydrogen-bond acceptors (Lipinski definition) is 3. The van der Waals surface area contributed by atoms with Crippen LogP contribution in [0.3, 0.4) is 0 Å². The van der Waals surface area contributed by atoms with Crippen LogP contribution in [0.2, 0.25) is 0 Å². The SMILES string of the molecule is Cc1cc(S(=O)(=O)N2CC3CCCC(=O)N(Cc4ccccc4)C3C2)ccc1F. The number of benzene rings is 2. The highest BCUT2D eigenvalue weighted by Gasteiger charge is 2.44.